The molecule has 2 amide bonds. The average Bonchev–Trinajstić information content (AvgIpc) is 3.40. The molecule has 1 atom stereocenters. The second-order valence-electron chi connectivity index (χ2n) is 7.86. The van der Waals surface area contributed by atoms with Crippen molar-refractivity contribution in [1.29, 1.82) is 0 Å². The van der Waals surface area contributed by atoms with Crippen LogP contribution in [0.3, 0.4) is 0 Å². The van der Waals surface area contributed by atoms with Crippen LogP contribution in [0.1, 0.15) is 30.9 Å². The van der Waals surface area contributed by atoms with Gasteiger partial charge in [-0.25, -0.2) is 8.42 Å². The zero-order chi connectivity index (χ0) is 22.2. The lowest BCUT2D eigenvalue weighted by Gasteiger charge is -2.23. The Morgan fingerprint density at radius 3 is 2.55 bits per heavy atom. The van der Waals surface area contributed by atoms with E-state index in [0.29, 0.717) is 29.4 Å². The second kappa shape index (κ2) is 8.61. The third-order valence-electron chi connectivity index (χ3n) is 5.74. The normalized spacial score (nSPS) is 18.8. The zero-order valence-corrected chi connectivity index (χ0v) is 18.7. The number of sulfonamides is 1. The highest BCUT2D eigenvalue weighted by molar-refractivity contribution is 7.89. The SMILES string of the molecule is CC(=O)N1c2ccc(S(=O)(=O)N3CCCC3)cc2C[C@@H]1C(=O)NCc1cccc(Cl)c1. The summed E-state index contributed by atoms with van der Waals surface area (Å²) in [5, 5.41) is 3.44. The Kier molecular flexibility index (Phi) is 6.05. The molecule has 9 heteroatoms. The van der Waals surface area contributed by atoms with E-state index >= 15 is 0 Å². The zero-order valence-electron chi connectivity index (χ0n) is 17.2. The fraction of sp³-hybridized carbons (Fsp3) is 0.364. The van der Waals surface area contributed by atoms with Crippen LogP contribution in [0.15, 0.2) is 47.4 Å². The quantitative estimate of drug-likeness (QED) is 0.741. The van der Waals surface area contributed by atoms with Crippen LogP contribution in [-0.4, -0.2) is 43.7 Å². The highest BCUT2D eigenvalue weighted by Gasteiger charge is 2.38. The number of amides is 2. The van der Waals surface area contributed by atoms with Gasteiger partial charge < -0.3 is 5.32 Å². The molecule has 0 aromatic heterocycles. The van der Waals surface area contributed by atoms with E-state index in [2.05, 4.69) is 5.32 Å². The highest BCUT2D eigenvalue weighted by Crippen LogP contribution is 2.35. The van der Waals surface area contributed by atoms with E-state index < -0.39 is 16.1 Å². The van der Waals surface area contributed by atoms with Crippen LogP contribution in [0.5, 0.6) is 0 Å². The summed E-state index contributed by atoms with van der Waals surface area (Å²) in [5.41, 5.74) is 2.11. The molecule has 7 nitrogen and oxygen atoms in total. The van der Waals surface area contributed by atoms with E-state index in [1.54, 1.807) is 30.3 Å². The van der Waals surface area contributed by atoms with Crippen molar-refractivity contribution in [3.63, 3.8) is 0 Å². The van der Waals surface area contributed by atoms with Gasteiger partial charge in [0.05, 0.1) is 4.90 Å². The molecule has 0 radical (unpaired) electrons. The molecule has 1 fully saturated rings. The number of halogens is 1. The number of nitrogens with one attached hydrogen (secondary N) is 1. The van der Waals surface area contributed by atoms with Crippen molar-refractivity contribution in [2.24, 2.45) is 0 Å². The second-order valence-corrected chi connectivity index (χ2v) is 10.2. The van der Waals surface area contributed by atoms with Crippen molar-refractivity contribution in [3.8, 4) is 0 Å². The first kappa shape index (κ1) is 21.8. The van der Waals surface area contributed by atoms with E-state index in [9.17, 15) is 18.0 Å². The number of anilines is 1. The predicted molar refractivity (Wildman–Crippen MR) is 118 cm³/mol. The van der Waals surface area contributed by atoms with Gasteiger partial charge in [-0.3, -0.25) is 14.5 Å². The maximum atomic E-state index is 12.9. The van der Waals surface area contributed by atoms with Gasteiger partial charge in [0.2, 0.25) is 21.8 Å². The van der Waals surface area contributed by atoms with Crippen molar-refractivity contribution in [2.75, 3.05) is 18.0 Å². The Morgan fingerprint density at radius 1 is 1.13 bits per heavy atom. The summed E-state index contributed by atoms with van der Waals surface area (Å²) >= 11 is 5.99. The average molecular weight is 462 g/mol. The number of rotatable bonds is 5. The third-order valence-corrected chi connectivity index (χ3v) is 7.87. The molecule has 0 spiro atoms. The molecule has 0 unspecified atom stereocenters. The van der Waals surface area contributed by atoms with Crippen LogP contribution >= 0.6 is 11.6 Å². The molecule has 164 valence electrons. The van der Waals surface area contributed by atoms with E-state index in [4.69, 9.17) is 11.6 Å². The predicted octanol–water partition coefficient (Wildman–Crippen LogP) is 2.72. The van der Waals surface area contributed by atoms with Gasteiger partial charge in [0.1, 0.15) is 6.04 Å². The first-order chi connectivity index (χ1) is 14.8. The van der Waals surface area contributed by atoms with Crippen LogP contribution in [0.4, 0.5) is 5.69 Å². The van der Waals surface area contributed by atoms with Gasteiger partial charge in [-0.05, 0) is 54.3 Å². The number of fused-ring (bicyclic) bond motifs is 1. The molecule has 2 aromatic carbocycles. The van der Waals surface area contributed by atoms with Crippen LogP contribution < -0.4 is 10.2 Å². The van der Waals surface area contributed by atoms with Gasteiger partial charge in [-0.15, -0.1) is 0 Å². The highest BCUT2D eigenvalue weighted by atomic mass is 35.5. The molecular weight excluding hydrogens is 438 g/mol. The summed E-state index contributed by atoms with van der Waals surface area (Å²) in [7, 11) is -3.57. The van der Waals surface area contributed by atoms with E-state index in [1.807, 2.05) is 6.07 Å². The van der Waals surface area contributed by atoms with Crippen LogP contribution in [0, 0.1) is 0 Å². The minimum atomic E-state index is -3.57. The molecule has 2 aromatic rings. The molecule has 2 aliphatic heterocycles. The molecule has 0 saturated carbocycles. The summed E-state index contributed by atoms with van der Waals surface area (Å²) in [6, 6.07) is 11.2. The summed E-state index contributed by atoms with van der Waals surface area (Å²) < 4.78 is 27.3. The van der Waals surface area contributed by atoms with Crippen LogP contribution in [0.25, 0.3) is 0 Å². The van der Waals surface area contributed by atoms with Crippen molar-refractivity contribution < 1.29 is 18.0 Å². The molecule has 1 saturated heterocycles. The summed E-state index contributed by atoms with van der Waals surface area (Å²) in [6.07, 6.45) is 1.98. The fourth-order valence-corrected chi connectivity index (χ4v) is 6.00. The molecule has 2 heterocycles. The van der Waals surface area contributed by atoms with Crippen molar-refractivity contribution in [2.45, 2.75) is 43.7 Å². The molecule has 0 bridgehead atoms. The molecule has 2 aliphatic rings. The van der Waals surface area contributed by atoms with Gasteiger partial charge in [0.25, 0.3) is 0 Å². The molecular formula is C22H24ClN3O4S. The summed E-state index contributed by atoms with van der Waals surface area (Å²) in [6.45, 7) is 2.73. The van der Waals surface area contributed by atoms with E-state index in [0.717, 1.165) is 18.4 Å². The molecule has 0 aliphatic carbocycles. The third kappa shape index (κ3) is 4.33. The minimum absolute atomic E-state index is 0.205. The number of hydrogen-bond acceptors (Lipinski definition) is 4. The first-order valence-corrected chi connectivity index (χ1v) is 12.0. The Labute approximate surface area is 187 Å². The van der Waals surface area contributed by atoms with Crippen LogP contribution in [0.2, 0.25) is 5.02 Å². The van der Waals surface area contributed by atoms with E-state index in [-0.39, 0.29) is 29.7 Å². The van der Waals surface area contributed by atoms with Gasteiger partial charge in [0, 0.05) is 43.7 Å². The summed E-state index contributed by atoms with van der Waals surface area (Å²) in [4.78, 5) is 26.9. The smallest absolute Gasteiger partial charge is 0.243 e. The monoisotopic (exact) mass is 461 g/mol. The topological polar surface area (TPSA) is 86.8 Å². The van der Waals surface area contributed by atoms with Gasteiger partial charge in [0.15, 0.2) is 0 Å². The Hall–Kier alpha value is -2.42. The summed E-state index contributed by atoms with van der Waals surface area (Å²) in [5.74, 6) is -0.563. The molecule has 31 heavy (non-hydrogen) atoms. The largest absolute Gasteiger partial charge is 0.350 e. The number of nitrogens with zero attached hydrogens (tertiary/aromatic N) is 2. The van der Waals surface area contributed by atoms with Crippen molar-refractivity contribution in [3.05, 3.63) is 58.6 Å². The Morgan fingerprint density at radius 2 is 1.87 bits per heavy atom. The van der Waals surface area contributed by atoms with Gasteiger partial charge in [-0.2, -0.15) is 4.31 Å². The number of carbonyl (C=O) groups is 2. The Balaban J connectivity index is 1.55. The number of carbonyl (C=O) groups excluding carboxylic acids is 2. The standard InChI is InChI=1S/C22H24ClN3O4S/c1-15(27)26-20-8-7-19(31(29,30)25-9-2-3-10-25)12-17(20)13-21(26)22(28)24-14-16-5-4-6-18(23)11-16/h4-8,11-12,21H,2-3,9-10,13-14H2,1H3,(H,24,28)/t21-/m1/s1. The molecule has 4 rings (SSSR count). The Bertz CT molecular complexity index is 1130. The van der Waals surface area contributed by atoms with Crippen molar-refractivity contribution in [1.82, 2.24) is 9.62 Å². The maximum Gasteiger partial charge on any atom is 0.243 e. The van der Waals surface area contributed by atoms with Crippen molar-refractivity contribution >= 4 is 39.1 Å². The maximum absolute atomic E-state index is 12.9. The lowest BCUT2D eigenvalue weighted by atomic mass is 10.1. The molecule has 1 N–H and O–H groups in total. The van der Waals surface area contributed by atoms with Gasteiger partial charge in [-0.1, -0.05) is 23.7 Å². The lowest BCUT2D eigenvalue weighted by molar-refractivity contribution is -0.125. The number of benzene rings is 2. The lowest BCUT2D eigenvalue weighted by Crippen LogP contribution is -2.47. The first-order valence-electron chi connectivity index (χ1n) is 10.2. The fourth-order valence-electron chi connectivity index (χ4n) is 4.22. The van der Waals surface area contributed by atoms with Gasteiger partial charge >= 0.3 is 0 Å². The van der Waals surface area contributed by atoms with E-state index in [1.165, 1.54) is 22.2 Å². The number of hydrogen-bond donors (Lipinski definition) is 1. The minimum Gasteiger partial charge on any atom is -0.350 e. The van der Waals surface area contributed by atoms with Crippen LogP contribution in [-0.2, 0) is 32.6 Å².